The lowest BCUT2D eigenvalue weighted by Crippen LogP contribution is -2.12. The van der Waals surface area contributed by atoms with Crippen LogP contribution in [0, 0.1) is 0 Å². The maximum atomic E-state index is 2.45. The minimum Gasteiger partial charge on any atom is -0.310 e. The summed E-state index contributed by atoms with van der Waals surface area (Å²) < 4.78 is 0. The van der Waals surface area contributed by atoms with Gasteiger partial charge in [0.15, 0.2) is 0 Å². The predicted octanol–water partition coefficient (Wildman–Crippen LogP) is 15.8. The summed E-state index contributed by atoms with van der Waals surface area (Å²) in [4.78, 5) is 2.45. The third-order valence-corrected chi connectivity index (χ3v) is 11.1. The van der Waals surface area contributed by atoms with Gasteiger partial charge in [0.1, 0.15) is 0 Å². The number of hydrogen-bond acceptors (Lipinski definition) is 1. The maximum absolute atomic E-state index is 2.45. The first-order chi connectivity index (χ1) is 28.3. The summed E-state index contributed by atoms with van der Waals surface area (Å²) in [5.74, 6) is 0. The number of benzene rings is 10. The highest BCUT2D eigenvalue weighted by Gasteiger charge is 2.24. The number of hydrogen-bond donors (Lipinski definition) is 0. The first kappa shape index (κ1) is 34.0. The minimum absolute atomic E-state index is 1.08. The Morgan fingerprint density at radius 1 is 0.246 bits per heavy atom. The lowest BCUT2D eigenvalue weighted by Gasteiger charge is -2.30. The van der Waals surface area contributed by atoms with Crippen molar-refractivity contribution in [2.24, 2.45) is 0 Å². The van der Waals surface area contributed by atoms with E-state index in [1.807, 2.05) is 0 Å². The second-order valence-electron chi connectivity index (χ2n) is 14.5. The normalized spacial score (nSPS) is 11.2. The quantitative estimate of drug-likeness (QED) is 0.141. The van der Waals surface area contributed by atoms with Crippen LogP contribution in [0.2, 0.25) is 0 Å². The molecule has 1 nitrogen and oxygen atoms in total. The van der Waals surface area contributed by atoms with E-state index in [2.05, 4.69) is 241 Å². The van der Waals surface area contributed by atoms with Crippen molar-refractivity contribution in [1.82, 2.24) is 0 Å². The number of anilines is 3. The van der Waals surface area contributed by atoms with E-state index in [-0.39, 0.29) is 0 Å². The number of nitrogens with zero attached hydrogens (tertiary/aromatic N) is 1. The zero-order valence-corrected chi connectivity index (χ0v) is 31.5. The molecule has 0 aliphatic rings. The van der Waals surface area contributed by atoms with E-state index in [0.29, 0.717) is 0 Å². The Morgan fingerprint density at radius 2 is 0.754 bits per heavy atom. The van der Waals surface area contributed by atoms with Crippen LogP contribution in [0.25, 0.3) is 77.2 Å². The molecule has 0 amide bonds. The van der Waals surface area contributed by atoms with Crippen LogP contribution in [0.1, 0.15) is 0 Å². The Hall–Kier alpha value is -7.48. The Labute approximate surface area is 334 Å². The van der Waals surface area contributed by atoms with Crippen molar-refractivity contribution >= 4 is 38.6 Å². The molecule has 10 aromatic rings. The van der Waals surface area contributed by atoms with Crippen molar-refractivity contribution < 1.29 is 0 Å². The zero-order chi connectivity index (χ0) is 38.0. The second-order valence-corrected chi connectivity index (χ2v) is 14.5. The van der Waals surface area contributed by atoms with Gasteiger partial charge in [0, 0.05) is 16.9 Å². The van der Waals surface area contributed by atoms with Gasteiger partial charge in [0.05, 0.1) is 5.69 Å². The molecule has 0 bridgehead atoms. The standard InChI is InChI=1S/C56H39N/c1-4-18-40(19-5-1)42-34-36-46(37-35-42)57(47-26-16-25-44(38-47)41-20-6-2-7-21-41)55-33-17-32-53(51-30-13-12-27-48(51)43-22-8-3-9-23-43)56(55)54-39-45-24-10-11-28-49(45)50-29-14-15-31-52(50)54/h1-39H. The first-order valence-electron chi connectivity index (χ1n) is 19.6. The highest BCUT2D eigenvalue weighted by Crippen LogP contribution is 2.50. The summed E-state index contributed by atoms with van der Waals surface area (Å²) in [7, 11) is 0. The molecule has 0 aromatic heterocycles. The summed E-state index contributed by atoms with van der Waals surface area (Å²) in [6.45, 7) is 0. The van der Waals surface area contributed by atoms with E-state index in [0.717, 1.165) is 17.1 Å². The second kappa shape index (κ2) is 15.0. The molecule has 0 radical (unpaired) electrons. The van der Waals surface area contributed by atoms with Crippen LogP contribution in [0.15, 0.2) is 237 Å². The first-order valence-corrected chi connectivity index (χ1v) is 19.6. The van der Waals surface area contributed by atoms with E-state index >= 15 is 0 Å². The topological polar surface area (TPSA) is 3.24 Å². The average Bonchev–Trinajstić information content (AvgIpc) is 3.30. The smallest absolute Gasteiger partial charge is 0.0546 e. The van der Waals surface area contributed by atoms with Gasteiger partial charge in [-0.15, -0.1) is 0 Å². The van der Waals surface area contributed by atoms with Gasteiger partial charge in [-0.2, -0.15) is 0 Å². The molecule has 268 valence electrons. The molecule has 0 spiro atoms. The van der Waals surface area contributed by atoms with Gasteiger partial charge < -0.3 is 4.90 Å². The van der Waals surface area contributed by atoms with Crippen molar-refractivity contribution in [3.05, 3.63) is 237 Å². The van der Waals surface area contributed by atoms with Crippen molar-refractivity contribution in [3.8, 4) is 55.6 Å². The van der Waals surface area contributed by atoms with Gasteiger partial charge in [-0.25, -0.2) is 0 Å². The van der Waals surface area contributed by atoms with Crippen LogP contribution in [0.3, 0.4) is 0 Å². The van der Waals surface area contributed by atoms with E-state index in [4.69, 9.17) is 0 Å². The number of rotatable bonds is 8. The van der Waals surface area contributed by atoms with Crippen LogP contribution >= 0.6 is 0 Å². The molecule has 0 atom stereocenters. The summed E-state index contributed by atoms with van der Waals surface area (Å²) >= 11 is 0. The molecule has 10 rings (SSSR count). The van der Waals surface area contributed by atoms with Crippen LogP contribution in [-0.4, -0.2) is 0 Å². The van der Waals surface area contributed by atoms with E-state index < -0.39 is 0 Å². The lowest BCUT2D eigenvalue weighted by molar-refractivity contribution is 1.28. The Kier molecular flexibility index (Phi) is 8.95. The molecule has 0 aliphatic heterocycles. The van der Waals surface area contributed by atoms with E-state index in [1.54, 1.807) is 0 Å². The molecule has 0 N–H and O–H groups in total. The van der Waals surface area contributed by atoms with Crippen LogP contribution in [-0.2, 0) is 0 Å². The van der Waals surface area contributed by atoms with Gasteiger partial charge in [0.2, 0.25) is 0 Å². The van der Waals surface area contributed by atoms with Crippen molar-refractivity contribution in [3.63, 3.8) is 0 Å². The zero-order valence-electron chi connectivity index (χ0n) is 31.5. The largest absolute Gasteiger partial charge is 0.310 e. The van der Waals surface area contributed by atoms with E-state index in [9.17, 15) is 0 Å². The highest BCUT2D eigenvalue weighted by atomic mass is 15.1. The SMILES string of the molecule is c1ccc(-c2ccc(N(c3cccc(-c4ccccc4)c3)c3cccc(-c4ccccc4-c4ccccc4)c3-c3cc4ccccc4c4ccccc34)cc2)cc1. The lowest BCUT2D eigenvalue weighted by atomic mass is 9.85. The van der Waals surface area contributed by atoms with Crippen LogP contribution < -0.4 is 4.90 Å². The van der Waals surface area contributed by atoms with Gasteiger partial charge in [-0.05, 0) is 108 Å². The summed E-state index contributed by atoms with van der Waals surface area (Å²) in [5.41, 5.74) is 15.1. The molecular formula is C56H39N. The summed E-state index contributed by atoms with van der Waals surface area (Å²) in [5, 5.41) is 4.93. The molecule has 1 heteroatoms. The van der Waals surface area contributed by atoms with Crippen LogP contribution in [0.4, 0.5) is 17.1 Å². The molecule has 0 fully saturated rings. The highest BCUT2D eigenvalue weighted by molar-refractivity contribution is 6.17. The molecule has 57 heavy (non-hydrogen) atoms. The third kappa shape index (κ3) is 6.46. The minimum atomic E-state index is 1.08. The molecular weight excluding hydrogens is 687 g/mol. The fraction of sp³-hybridized carbons (Fsp3) is 0. The molecule has 10 aromatic carbocycles. The maximum Gasteiger partial charge on any atom is 0.0546 e. The Morgan fingerprint density at radius 3 is 1.47 bits per heavy atom. The molecule has 0 saturated carbocycles. The molecule has 0 unspecified atom stereocenters. The van der Waals surface area contributed by atoms with Crippen LogP contribution in [0.5, 0.6) is 0 Å². The summed E-state index contributed by atoms with van der Waals surface area (Å²) in [6, 6.07) is 85.8. The average molecular weight is 726 g/mol. The third-order valence-electron chi connectivity index (χ3n) is 11.1. The van der Waals surface area contributed by atoms with Gasteiger partial charge in [-0.3, -0.25) is 0 Å². The van der Waals surface area contributed by atoms with Crippen molar-refractivity contribution in [2.45, 2.75) is 0 Å². The Balaban J connectivity index is 1.30. The molecule has 0 aliphatic carbocycles. The monoisotopic (exact) mass is 725 g/mol. The van der Waals surface area contributed by atoms with Crippen molar-refractivity contribution in [2.75, 3.05) is 4.90 Å². The molecule has 0 saturated heterocycles. The fourth-order valence-corrected chi connectivity index (χ4v) is 8.40. The summed E-state index contributed by atoms with van der Waals surface area (Å²) in [6.07, 6.45) is 0. The number of fused-ring (bicyclic) bond motifs is 3. The van der Waals surface area contributed by atoms with E-state index in [1.165, 1.54) is 77.2 Å². The van der Waals surface area contributed by atoms with Gasteiger partial charge >= 0.3 is 0 Å². The Bertz CT molecular complexity index is 2990. The fourth-order valence-electron chi connectivity index (χ4n) is 8.40. The predicted molar refractivity (Wildman–Crippen MR) is 243 cm³/mol. The molecule has 0 heterocycles. The van der Waals surface area contributed by atoms with Crippen molar-refractivity contribution in [1.29, 1.82) is 0 Å². The van der Waals surface area contributed by atoms with Gasteiger partial charge in [0.25, 0.3) is 0 Å². The van der Waals surface area contributed by atoms with Gasteiger partial charge in [-0.1, -0.05) is 200 Å².